The Labute approximate surface area is 158 Å². The number of tetrazole rings is 1. The third kappa shape index (κ3) is 4.02. The molecule has 7 nitrogen and oxygen atoms in total. The molecule has 1 atom stereocenters. The molecule has 1 aliphatic rings. The second-order valence-corrected chi connectivity index (χ2v) is 7.12. The van der Waals surface area contributed by atoms with Gasteiger partial charge < -0.3 is 4.74 Å². The molecule has 0 spiro atoms. The molecule has 1 aliphatic heterocycles. The summed E-state index contributed by atoms with van der Waals surface area (Å²) in [7, 11) is 0. The molecule has 0 bridgehead atoms. The van der Waals surface area contributed by atoms with E-state index in [1.165, 1.54) is 11.1 Å². The summed E-state index contributed by atoms with van der Waals surface area (Å²) in [6.45, 7) is 8.50. The highest BCUT2D eigenvalue weighted by molar-refractivity contribution is 7.71. The van der Waals surface area contributed by atoms with Crippen LogP contribution < -0.4 is 0 Å². The Morgan fingerprint density at radius 3 is 2.85 bits per heavy atom. The van der Waals surface area contributed by atoms with Gasteiger partial charge in [-0.05, 0) is 86.1 Å². The molecule has 140 valence electrons. The third-order valence-corrected chi connectivity index (χ3v) is 5.22. The van der Waals surface area contributed by atoms with E-state index in [9.17, 15) is 4.79 Å². The molecule has 0 aliphatic carbocycles. The molecule has 0 unspecified atom stereocenters. The van der Waals surface area contributed by atoms with Gasteiger partial charge in [-0.1, -0.05) is 6.07 Å². The quantitative estimate of drug-likeness (QED) is 0.591. The van der Waals surface area contributed by atoms with Crippen LogP contribution in [0.5, 0.6) is 0 Å². The predicted octanol–water partition coefficient (Wildman–Crippen LogP) is 2.65. The fourth-order valence-corrected chi connectivity index (χ4v) is 3.44. The van der Waals surface area contributed by atoms with Gasteiger partial charge in [-0.15, -0.1) is 0 Å². The number of rotatable bonds is 5. The summed E-state index contributed by atoms with van der Waals surface area (Å²) < 4.78 is 9.09. The van der Waals surface area contributed by atoms with Gasteiger partial charge in [0.15, 0.2) is 0 Å². The largest absolute Gasteiger partial charge is 0.466 e. The topological polar surface area (TPSA) is 65.2 Å². The van der Waals surface area contributed by atoms with Crippen molar-refractivity contribution in [3.63, 3.8) is 0 Å². The number of likely N-dealkylation sites (tertiary alicyclic amines) is 1. The van der Waals surface area contributed by atoms with E-state index >= 15 is 0 Å². The van der Waals surface area contributed by atoms with Crippen molar-refractivity contribution in [3.05, 3.63) is 34.1 Å². The van der Waals surface area contributed by atoms with E-state index in [0.29, 0.717) is 24.6 Å². The first kappa shape index (κ1) is 18.7. The lowest BCUT2D eigenvalue weighted by molar-refractivity contribution is -0.150. The molecule has 1 aromatic heterocycles. The third-order valence-electron chi connectivity index (χ3n) is 4.83. The molecular formula is C18H25N5O2S. The molecule has 3 rings (SSSR count). The Kier molecular flexibility index (Phi) is 5.83. The van der Waals surface area contributed by atoms with E-state index in [0.717, 1.165) is 25.1 Å². The lowest BCUT2D eigenvalue weighted by Crippen LogP contribution is -2.40. The van der Waals surface area contributed by atoms with Crippen LogP contribution in [0.4, 0.5) is 0 Å². The molecule has 8 heteroatoms. The van der Waals surface area contributed by atoms with Gasteiger partial charge in [0, 0.05) is 6.54 Å². The molecule has 0 N–H and O–H groups in total. The Morgan fingerprint density at radius 1 is 1.31 bits per heavy atom. The summed E-state index contributed by atoms with van der Waals surface area (Å²) in [5.74, 6) is -0.188. The number of nitrogens with zero attached hydrogens (tertiary/aromatic N) is 5. The number of benzene rings is 1. The highest BCUT2D eigenvalue weighted by Gasteiger charge is 2.27. The monoisotopic (exact) mass is 375 g/mol. The standard InChI is InChI=1S/C18H25N5O2S/c1-4-25-17(24)15-6-5-9-21(11-15)12-22-18(26)23(20-19-22)16-8-7-13(2)14(3)10-16/h7-8,10,15H,4-6,9,11-12H2,1-3H3/t15-/m1/s1. The molecule has 1 saturated heterocycles. The van der Waals surface area contributed by atoms with Gasteiger partial charge in [-0.3, -0.25) is 9.69 Å². The summed E-state index contributed by atoms with van der Waals surface area (Å²) in [6, 6.07) is 6.11. The van der Waals surface area contributed by atoms with Crippen LogP contribution in [0, 0.1) is 24.5 Å². The van der Waals surface area contributed by atoms with Crippen molar-refractivity contribution in [2.45, 2.75) is 40.3 Å². The molecule has 26 heavy (non-hydrogen) atoms. The minimum Gasteiger partial charge on any atom is -0.466 e. The Hall–Kier alpha value is -2.06. The normalized spacial score (nSPS) is 18.0. The highest BCUT2D eigenvalue weighted by Crippen LogP contribution is 2.19. The molecular weight excluding hydrogens is 350 g/mol. The molecule has 2 aromatic rings. The van der Waals surface area contributed by atoms with Crippen LogP contribution in [0.2, 0.25) is 0 Å². The maximum atomic E-state index is 12.0. The van der Waals surface area contributed by atoms with Crippen molar-refractivity contribution in [3.8, 4) is 5.69 Å². The Balaban J connectivity index is 1.73. The van der Waals surface area contributed by atoms with Gasteiger partial charge in [-0.25, -0.2) is 4.68 Å². The minimum absolute atomic E-state index is 0.0762. The van der Waals surface area contributed by atoms with Crippen molar-refractivity contribution in [2.24, 2.45) is 5.92 Å². The van der Waals surface area contributed by atoms with E-state index in [-0.39, 0.29) is 11.9 Å². The van der Waals surface area contributed by atoms with Gasteiger partial charge in [-0.2, -0.15) is 4.68 Å². The van der Waals surface area contributed by atoms with Gasteiger partial charge in [0.2, 0.25) is 4.77 Å². The number of aromatic nitrogens is 4. The number of carbonyl (C=O) groups is 1. The van der Waals surface area contributed by atoms with Crippen LogP contribution in [0.15, 0.2) is 18.2 Å². The summed E-state index contributed by atoms with van der Waals surface area (Å²) in [6.07, 6.45) is 1.83. The fraction of sp³-hybridized carbons (Fsp3) is 0.556. The second kappa shape index (κ2) is 8.09. The average molecular weight is 375 g/mol. The van der Waals surface area contributed by atoms with Crippen molar-refractivity contribution >= 4 is 18.2 Å². The number of esters is 1. The number of carbonyl (C=O) groups excluding carboxylic acids is 1. The number of hydrogen-bond acceptors (Lipinski definition) is 6. The van der Waals surface area contributed by atoms with Crippen LogP contribution in [0.1, 0.15) is 30.9 Å². The Bertz CT molecular complexity index is 844. The smallest absolute Gasteiger partial charge is 0.310 e. The second-order valence-electron chi connectivity index (χ2n) is 6.75. The fourth-order valence-electron chi connectivity index (χ4n) is 3.21. The van der Waals surface area contributed by atoms with E-state index in [1.54, 1.807) is 9.36 Å². The first-order valence-electron chi connectivity index (χ1n) is 8.99. The van der Waals surface area contributed by atoms with Crippen LogP contribution in [0.25, 0.3) is 5.69 Å². The van der Waals surface area contributed by atoms with Crippen molar-refractivity contribution in [1.29, 1.82) is 0 Å². The number of aryl methyl sites for hydroxylation is 2. The molecule has 1 aromatic carbocycles. The summed E-state index contributed by atoms with van der Waals surface area (Å²) in [5.41, 5.74) is 3.32. The van der Waals surface area contributed by atoms with Crippen molar-refractivity contribution < 1.29 is 9.53 Å². The van der Waals surface area contributed by atoms with Crippen molar-refractivity contribution in [1.82, 2.24) is 24.7 Å². The summed E-state index contributed by atoms with van der Waals surface area (Å²) >= 11 is 5.56. The molecule has 0 radical (unpaired) electrons. The Morgan fingerprint density at radius 2 is 2.12 bits per heavy atom. The van der Waals surface area contributed by atoms with E-state index < -0.39 is 0 Å². The van der Waals surface area contributed by atoms with Crippen LogP contribution >= 0.6 is 12.2 Å². The molecule has 0 saturated carbocycles. The van der Waals surface area contributed by atoms with Gasteiger partial charge >= 0.3 is 5.97 Å². The summed E-state index contributed by atoms with van der Waals surface area (Å²) in [5, 5.41) is 8.43. The first-order chi connectivity index (χ1) is 12.5. The lowest BCUT2D eigenvalue weighted by atomic mass is 9.99. The predicted molar refractivity (Wildman–Crippen MR) is 101 cm³/mol. The SMILES string of the molecule is CCOC(=O)[C@@H]1CCCN(Cn2nnn(-c3ccc(C)c(C)c3)c2=S)C1. The molecule has 2 heterocycles. The van der Waals surface area contributed by atoms with Gasteiger partial charge in [0.1, 0.15) is 0 Å². The number of hydrogen-bond donors (Lipinski definition) is 0. The van der Waals surface area contributed by atoms with Crippen LogP contribution in [0.3, 0.4) is 0 Å². The lowest BCUT2D eigenvalue weighted by Gasteiger charge is -2.30. The zero-order valence-corrected chi connectivity index (χ0v) is 16.3. The van der Waals surface area contributed by atoms with E-state index in [2.05, 4.69) is 41.3 Å². The first-order valence-corrected chi connectivity index (χ1v) is 9.40. The number of piperidine rings is 1. The number of ether oxygens (including phenoxy) is 1. The van der Waals surface area contributed by atoms with Crippen LogP contribution in [-0.4, -0.2) is 50.4 Å². The maximum Gasteiger partial charge on any atom is 0.310 e. The van der Waals surface area contributed by atoms with E-state index in [4.69, 9.17) is 17.0 Å². The molecule has 0 amide bonds. The van der Waals surface area contributed by atoms with Crippen LogP contribution in [-0.2, 0) is 16.2 Å². The average Bonchev–Trinajstić information content (AvgIpc) is 2.98. The van der Waals surface area contributed by atoms with Crippen molar-refractivity contribution in [2.75, 3.05) is 19.7 Å². The summed E-state index contributed by atoms with van der Waals surface area (Å²) in [4.78, 5) is 14.2. The van der Waals surface area contributed by atoms with E-state index in [1.807, 2.05) is 13.0 Å². The zero-order valence-electron chi connectivity index (χ0n) is 15.5. The maximum absolute atomic E-state index is 12.0. The van der Waals surface area contributed by atoms with Gasteiger partial charge in [0.05, 0.1) is 24.9 Å². The minimum atomic E-state index is -0.111. The molecule has 1 fully saturated rings. The zero-order chi connectivity index (χ0) is 18.7. The highest BCUT2D eigenvalue weighted by atomic mass is 32.1. The van der Waals surface area contributed by atoms with Gasteiger partial charge in [0.25, 0.3) is 0 Å².